The fraction of sp³-hybridized carbons (Fsp3) is 0.500. The van der Waals surface area contributed by atoms with Crippen LogP contribution < -0.4 is 0 Å². The molecule has 0 saturated carbocycles. The van der Waals surface area contributed by atoms with Gasteiger partial charge in [-0.3, -0.25) is 19.2 Å². The fourth-order valence-corrected chi connectivity index (χ4v) is 1.37. The summed E-state index contributed by atoms with van der Waals surface area (Å²) in [5.74, 6) is -10.5. The predicted molar refractivity (Wildman–Crippen MR) is 46.8 cm³/mol. The van der Waals surface area contributed by atoms with Gasteiger partial charge in [-0.2, -0.15) is 0 Å². The Morgan fingerprint density at radius 3 is 1.31 bits per heavy atom. The van der Waals surface area contributed by atoms with Crippen molar-refractivity contribution in [3.63, 3.8) is 0 Å². The molecular formula is C8H10O8. The Hall–Kier alpha value is -2.12. The maximum Gasteiger partial charge on any atom is 0.322 e. The van der Waals surface area contributed by atoms with Crippen molar-refractivity contribution in [2.45, 2.75) is 13.3 Å². The summed E-state index contributed by atoms with van der Waals surface area (Å²) >= 11 is 0. The maximum absolute atomic E-state index is 10.8. The van der Waals surface area contributed by atoms with Crippen LogP contribution >= 0.6 is 0 Å². The van der Waals surface area contributed by atoms with Crippen LogP contribution in [0.15, 0.2) is 0 Å². The van der Waals surface area contributed by atoms with Gasteiger partial charge in [0.2, 0.25) is 0 Å². The van der Waals surface area contributed by atoms with E-state index in [9.17, 15) is 19.2 Å². The predicted octanol–water partition coefficient (Wildman–Crippen LogP) is -0.663. The molecule has 16 heavy (non-hydrogen) atoms. The van der Waals surface area contributed by atoms with Crippen LogP contribution in [0.1, 0.15) is 13.3 Å². The van der Waals surface area contributed by atoms with Crippen LogP contribution in [0.25, 0.3) is 0 Å². The molecule has 0 heterocycles. The highest BCUT2D eigenvalue weighted by molar-refractivity contribution is 6.09. The van der Waals surface area contributed by atoms with Crippen molar-refractivity contribution in [3.8, 4) is 0 Å². The third kappa shape index (κ3) is 1.95. The highest BCUT2D eigenvalue weighted by Crippen LogP contribution is 2.33. The number of carboxylic acids is 4. The van der Waals surface area contributed by atoms with Crippen molar-refractivity contribution < 1.29 is 39.6 Å². The van der Waals surface area contributed by atoms with Gasteiger partial charge < -0.3 is 20.4 Å². The highest BCUT2D eigenvalue weighted by atomic mass is 16.4. The minimum absolute atomic E-state index is 0.652. The normalized spacial score (nSPS) is 11.1. The zero-order valence-electron chi connectivity index (χ0n) is 8.21. The third-order valence-electron chi connectivity index (χ3n) is 2.31. The molecule has 0 spiro atoms. The number of hydrogen-bond donors (Lipinski definition) is 4. The van der Waals surface area contributed by atoms with Gasteiger partial charge >= 0.3 is 23.9 Å². The molecular weight excluding hydrogens is 224 g/mol. The zero-order valence-corrected chi connectivity index (χ0v) is 8.21. The Morgan fingerprint density at radius 2 is 1.25 bits per heavy atom. The molecule has 0 amide bonds. The summed E-state index contributed by atoms with van der Waals surface area (Å²) < 4.78 is 0. The van der Waals surface area contributed by atoms with Crippen LogP contribution in [-0.2, 0) is 19.2 Å². The third-order valence-corrected chi connectivity index (χ3v) is 2.31. The van der Waals surface area contributed by atoms with E-state index in [1.807, 2.05) is 0 Å². The molecule has 0 aromatic heterocycles. The van der Waals surface area contributed by atoms with Gasteiger partial charge in [0.15, 0.2) is 11.3 Å². The summed E-state index contributed by atoms with van der Waals surface area (Å²) in [6.45, 7) is 1.10. The smallest absolute Gasteiger partial charge is 0.322 e. The van der Waals surface area contributed by atoms with Crippen LogP contribution in [0.4, 0.5) is 0 Å². The molecule has 0 aliphatic carbocycles. The molecule has 8 heteroatoms. The van der Waals surface area contributed by atoms with Gasteiger partial charge in [-0.25, -0.2) is 0 Å². The lowest BCUT2D eigenvalue weighted by Gasteiger charge is -2.26. The van der Waals surface area contributed by atoms with Crippen molar-refractivity contribution in [1.82, 2.24) is 0 Å². The van der Waals surface area contributed by atoms with Gasteiger partial charge in [-0.1, -0.05) is 6.92 Å². The Kier molecular flexibility index (Phi) is 3.99. The topological polar surface area (TPSA) is 149 Å². The van der Waals surface area contributed by atoms with Gasteiger partial charge in [0.1, 0.15) is 0 Å². The Labute approximate surface area is 89.1 Å². The SMILES string of the molecule is CCC(C(=O)O)(C(=O)O)C(C(=O)O)C(=O)O. The molecule has 0 rings (SSSR count). The van der Waals surface area contributed by atoms with Gasteiger partial charge in [0.25, 0.3) is 0 Å². The van der Waals surface area contributed by atoms with Crippen LogP contribution in [-0.4, -0.2) is 44.3 Å². The molecule has 0 aromatic rings. The molecule has 0 saturated heterocycles. The minimum atomic E-state index is -2.86. The van der Waals surface area contributed by atoms with Gasteiger partial charge in [-0.05, 0) is 6.42 Å². The van der Waals surface area contributed by atoms with Crippen LogP contribution in [0, 0.1) is 11.3 Å². The number of carbonyl (C=O) groups is 4. The summed E-state index contributed by atoms with van der Waals surface area (Å²) in [5.41, 5.74) is -2.86. The number of carboxylic acid groups (broad SMARTS) is 4. The summed E-state index contributed by atoms with van der Waals surface area (Å²) in [7, 11) is 0. The number of rotatable bonds is 6. The second kappa shape index (κ2) is 4.60. The average Bonchev–Trinajstić information content (AvgIpc) is 2.10. The molecule has 0 fully saturated rings. The molecule has 0 aromatic carbocycles. The van der Waals surface area contributed by atoms with Crippen LogP contribution in [0.3, 0.4) is 0 Å². The lowest BCUT2D eigenvalue weighted by molar-refractivity contribution is -0.183. The number of hydrogen-bond acceptors (Lipinski definition) is 4. The van der Waals surface area contributed by atoms with Crippen LogP contribution in [0.5, 0.6) is 0 Å². The highest BCUT2D eigenvalue weighted by Gasteiger charge is 2.58. The van der Waals surface area contributed by atoms with E-state index in [4.69, 9.17) is 20.4 Å². The first-order valence-corrected chi connectivity index (χ1v) is 4.14. The molecule has 0 atom stereocenters. The molecule has 8 nitrogen and oxygen atoms in total. The van der Waals surface area contributed by atoms with E-state index in [0.717, 1.165) is 6.92 Å². The summed E-state index contributed by atoms with van der Waals surface area (Å²) in [6.07, 6.45) is -0.652. The van der Waals surface area contributed by atoms with E-state index in [-0.39, 0.29) is 0 Å². The quantitative estimate of drug-likeness (QED) is 0.442. The van der Waals surface area contributed by atoms with Crippen molar-refractivity contribution >= 4 is 23.9 Å². The number of aliphatic carboxylic acids is 4. The van der Waals surface area contributed by atoms with Crippen LogP contribution in [0.2, 0.25) is 0 Å². The molecule has 0 aliphatic heterocycles. The second-order valence-corrected chi connectivity index (χ2v) is 3.04. The first-order chi connectivity index (χ1) is 7.21. The van der Waals surface area contributed by atoms with Gasteiger partial charge in [0.05, 0.1) is 0 Å². The monoisotopic (exact) mass is 234 g/mol. The maximum atomic E-state index is 10.8. The zero-order chi connectivity index (χ0) is 13.1. The second-order valence-electron chi connectivity index (χ2n) is 3.04. The molecule has 0 aliphatic rings. The molecule has 0 unspecified atom stereocenters. The van der Waals surface area contributed by atoms with Gasteiger partial charge in [0, 0.05) is 0 Å². The van der Waals surface area contributed by atoms with Crippen molar-refractivity contribution in [3.05, 3.63) is 0 Å². The molecule has 90 valence electrons. The van der Waals surface area contributed by atoms with E-state index in [0.29, 0.717) is 0 Å². The first-order valence-electron chi connectivity index (χ1n) is 4.14. The van der Waals surface area contributed by atoms with Gasteiger partial charge in [-0.15, -0.1) is 0 Å². The summed E-state index contributed by atoms with van der Waals surface area (Å²) in [6, 6.07) is 0. The average molecular weight is 234 g/mol. The molecule has 4 N–H and O–H groups in total. The van der Waals surface area contributed by atoms with E-state index >= 15 is 0 Å². The Balaban J connectivity index is 5.81. The van der Waals surface area contributed by atoms with E-state index in [1.54, 1.807) is 0 Å². The standard InChI is InChI=1S/C8H10O8/c1-2-8(6(13)14,7(15)16)3(4(9)10)5(11)12/h3H,2H2,1H3,(H,9,10)(H,11,12)(H,13,14)(H,15,16). The van der Waals surface area contributed by atoms with Crippen molar-refractivity contribution in [1.29, 1.82) is 0 Å². The lowest BCUT2D eigenvalue weighted by atomic mass is 9.73. The van der Waals surface area contributed by atoms with E-state index in [1.165, 1.54) is 0 Å². The minimum Gasteiger partial charge on any atom is -0.481 e. The fourth-order valence-electron chi connectivity index (χ4n) is 1.37. The Morgan fingerprint density at radius 1 is 0.938 bits per heavy atom. The first kappa shape index (κ1) is 13.9. The lowest BCUT2D eigenvalue weighted by Crippen LogP contribution is -2.51. The summed E-state index contributed by atoms with van der Waals surface area (Å²) in [5, 5.41) is 34.7. The van der Waals surface area contributed by atoms with E-state index in [2.05, 4.69) is 0 Å². The van der Waals surface area contributed by atoms with E-state index < -0.39 is 41.6 Å². The van der Waals surface area contributed by atoms with Crippen molar-refractivity contribution in [2.24, 2.45) is 11.3 Å². The largest absolute Gasteiger partial charge is 0.481 e. The molecule has 0 bridgehead atoms. The van der Waals surface area contributed by atoms with Crippen molar-refractivity contribution in [2.75, 3.05) is 0 Å². The summed E-state index contributed by atoms with van der Waals surface area (Å²) in [4.78, 5) is 43.0. The molecule has 0 radical (unpaired) electrons. The Bertz CT molecular complexity index is 316.